The van der Waals surface area contributed by atoms with E-state index in [4.69, 9.17) is 19.3 Å². The zero-order valence-corrected chi connectivity index (χ0v) is 13.3. The molecule has 2 aromatic carbocycles. The zero-order valence-electron chi connectivity index (χ0n) is 13.3. The van der Waals surface area contributed by atoms with E-state index in [0.29, 0.717) is 29.5 Å². The number of carboxylic acids is 1. The van der Waals surface area contributed by atoms with E-state index in [1.54, 1.807) is 20.3 Å². The molecule has 0 amide bonds. The van der Waals surface area contributed by atoms with Gasteiger partial charge in [0, 0.05) is 12.1 Å². The minimum absolute atomic E-state index is 0.186. The van der Waals surface area contributed by atoms with Crippen LogP contribution in [0.15, 0.2) is 36.4 Å². The van der Waals surface area contributed by atoms with Gasteiger partial charge in [-0.05, 0) is 24.3 Å². The number of para-hydroxylation sites is 1. The molecule has 0 saturated carbocycles. The van der Waals surface area contributed by atoms with Gasteiger partial charge in [-0.1, -0.05) is 12.1 Å². The molecule has 2 N–H and O–H groups in total. The van der Waals surface area contributed by atoms with Gasteiger partial charge in [-0.2, -0.15) is 0 Å². The predicted octanol–water partition coefficient (Wildman–Crippen LogP) is 3.02. The topological polar surface area (TPSA) is 77.0 Å². The van der Waals surface area contributed by atoms with Crippen LogP contribution in [0.4, 0.5) is 5.69 Å². The van der Waals surface area contributed by atoms with Crippen LogP contribution in [0.1, 0.15) is 15.9 Å². The van der Waals surface area contributed by atoms with E-state index in [0.717, 1.165) is 5.56 Å². The molecule has 0 bridgehead atoms. The third-order valence-electron chi connectivity index (χ3n) is 3.40. The molecule has 0 saturated heterocycles. The quantitative estimate of drug-likeness (QED) is 0.817. The van der Waals surface area contributed by atoms with Crippen molar-refractivity contribution in [3.63, 3.8) is 0 Å². The fourth-order valence-corrected chi connectivity index (χ4v) is 2.26. The third kappa shape index (κ3) is 3.66. The third-order valence-corrected chi connectivity index (χ3v) is 3.40. The van der Waals surface area contributed by atoms with Crippen LogP contribution in [0.2, 0.25) is 0 Å². The van der Waals surface area contributed by atoms with Crippen molar-refractivity contribution in [3.05, 3.63) is 47.5 Å². The van der Waals surface area contributed by atoms with Gasteiger partial charge in [-0.25, -0.2) is 4.79 Å². The maximum Gasteiger partial charge on any atom is 0.335 e. The van der Waals surface area contributed by atoms with Crippen LogP contribution in [0, 0.1) is 0 Å². The second-order valence-electron chi connectivity index (χ2n) is 4.73. The Hall–Kier alpha value is -2.89. The minimum Gasteiger partial charge on any atom is -0.495 e. The van der Waals surface area contributed by atoms with E-state index < -0.39 is 5.97 Å². The molecule has 0 heterocycles. The fraction of sp³-hybridized carbons (Fsp3) is 0.235. The van der Waals surface area contributed by atoms with Crippen LogP contribution >= 0.6 is 0 Å². The van der Waals surface area contributed by atoms with Gasteiger partial charge in [0.25, 0.3) is 0 Å². The predicted molar refractivity (Wildman–Crippen MR) is 86.8 cm³/mol. The first-order valence-corrected chi connectivity index (χ1v) is 6.95. The number of anilines is 1. The molecule has 0 unspecified atom stereocenters. The van der Waals surface area contributed by atoms with Gasteiger partial charge < -0.3 is 24.6 Å². The molecule has 2 rings (SSSR count). The molecule has 0 spiro atoms. The van der Waals surface area contributed by atoms with Crippen molar-refractivity contribution < 1.29 is 24.1 Å². The van der Waals surface area contributed by atoms with Gasteiger partial charge in [-0.3, -0.25) is 0 Å². The lowest BCUT2D eigenvalue weighted by molar-refractivity contribution is 0.0697. The van der Waals surface area contributed by atoms with Gasteiger partial charge in [0.15, 0.2) is 11.5 Å². The molecule has 6 nitrogen and oxygen atoms in total. The lowest BCUT2D eigenvalue weighted by atomic mass is 10.1. The molecule has 0 aliphatic carbocycles. The molecule has 0 atom stereocenters. The number of carbonyl (C=O) groups is 1. The molecule has 6 heteroatoms. The van der Waals surface area contributed by atoms with Crippen molar-refractivity contribution in [3.8, 4) is 17.2 Å². The molecule has 0 aliphatic rings. The Balaban J connectivity index is 2.27. The fourth-order valence-electron chi connectivity index (χ4n) is 2.26. The van der Waals surface area contributed by atoms with Crippen molar-refractivity contribution in [1.29, 1.82) is 0 Å². The number of methoxy groups -OCH3 is 3. The number of carboxylic acid groups (broad SMARTS) is 1. The maximum atomic E-state index is 11.1. The van der Waals surface area contributed by atoms with E-state index in [-0.39, 0.29) is 5.56 Å². The molecule has 0 aliphatic heterocycles. The molecular weight excluding hydrogens is 298 g/mol. The summed E-state index contributed by atoms with van der Waals surface area (Å²) in [6, 6.07) is 10.2. The summed E-state index contributed by atoms with van der Waals surface area (Å²) in [6.45, 7) is 0.430. The lowest BCUT2D eigenvalue weighted by Gasteiger charge is -2.15. The standard InChI is InChI=1S/C17H19NO5/c1-21-14-8-7-11(17(19)20)9-13(14)18-10-12-5-4-6-15(22-2)16(12)23-3/h4-9,18H,10H2,1-3H3,(H,19,20). The summed E-state index contributed by atoms with van der Waals surface area (Å²) in [5.41, 5.74) is 1.66. The van der Waals surface area contributed by atoms with Gasteiger partial charge in [0.05, 0.1) is 32.6 Å². The van der Waals surface area contributed by atoms with Gasteiger partial charge >= 0.3 is 5.97 Å². The normalized spacial score (nSPS) is 10.0. The van der Waals surface area contributed by atoms with E-state index in [2.05, 4.69) is 5.32 Å². The number of nitrogens with one attached hydrogen (secondary N) is 1. The lowest BCUT2D eigenvalue weighted by Crippen LogP contribution is -2.06. The van der Waals surface area contributed by atoms with Gasteiger partial charge in [0.1, 0.15) is 5.75 Å². The van der Waals surface area contributed by atoms with Crippen molar-refractivity contribution in [2.75, 3.05) is 26.6 Å². The minimum atomic E-state index is -0.991. The average molecular weight is 317 g/mol. The number of aromatic carboxylic acids is 1. The maximum absolute atomic E-state index is 11.1. The summed E-state index contributed by atoms with van der Waals surface area (Å²) in [7, 11) is 4.69. The van der Waals surface area contributed by atoms with Crippen LogP contribution in [0.3, 0.4) is 0 Å². The highest BCUT2D eigenvalue weighted by atomic mass is 16.5. The average Bonchev–Trinajstić information content (AvgIpc) is 2.58. The summed E-state index contributed by atoms with van der Waals surface area (Å²) in [6.07, 6.45) is 0. The van der Waals surface area contributed by atoms with Crippen LogP contribution in [-0.4, -0.2) is 32.4 Å². The first kappa shape index (κ1) is 16.5. The first-order chi connectivity index (χ1) is 11.1. The van der Waals surface area contributed by atoms with Gasteiger partial charge in [-0.15, -0.1) is 0 Å². The Bertz CT molecular complexity index is 699. The Labute approximate surface area is 134 Å². The van der Waals surface area contributed by atoms with Gasteiger partial charge in [0.2, 0.25) is 0 Å². The summed E-state index contributed by atoms with van der Waals surface area (Å²) >= 11 is 0. The molecule has 0 radical (unpaired) electrons. The number of benzene rings is 2. The number of hydrogen-bond donors (Lipinski definition) is 2. The zero-order chi connectivity index (χ0) is 16.8. The SMILES string of the molecule is COc1ccc(C(=O)O)cc1NCc1cccc(OC)c1OC. The highest BCUT2D eigenvalue weighted by Gasteiger charge is 2.12. The molecule has 122 valence electrons. The van der Waals surface area contributed by atoms with Crippen molar-refractivity contribution in [1.82, 2.24) is 0 Å². The number of ether oxygens (including phenoxy) is 3. The van der Waals surface area contributed by atoms with Crippen LogP contribution in [-0.2, 0) is 6.54 Å². The van der Waals surface area contributed by atoms with Crippen LogP contribution < -0.4 is 19.5 Å². The second-order valence-corrected chi connectivity index (χ2v) is 4.73. The second kappa shape index (κ2) is 7.40. The summed E-state index contributed by atoms with van der Waals surface area (Å²) in [4.78, 5) is 11.1. The van der Waals surface area contributed by atoms with Crippen molar-refractivity contribution in [2.45, 2.75) is 6.54 Å². The van der Waals surface area contributed by atoms with E-state index in [9.17, 15) is 4.79 Å². The monoisotopic (exact) mass is 317 g/mol. The smallest absolute Gasteiger partial charge is 0.335 e. The Kier molecular flexibility index (Phi) is 5.30. The number of rotatable bonds is 7. The summed E-state index contributed by atoms with van der Waals surface area (Å²) in [5, 5.41) is 12.3. The molecule has 0 aromatic heterocycles. The highest BCUT2D eigenvalue weighted by Crippen LogP contribution is 2.32. The summed E-state index contributed by atoms with van der Waals surface area (Å²) in [5.74, 6) is 0.848. The summed E-state index contributed by atoms with van der Waals surface area (Å²) < 4.78 is 15.9. The number of hydrogen-bond acceptors (Lipinski definition) is 5. The Morgan fingerprint density at radius 3 is 2.39 bits per heavy atom. The van der Waals surface area contributed by atoms with E-state index in [1.807, 2.05) is 18.2 Å². The molecule has 23 heavy (non-hydrogen) atoms. The van der Waals surface area contributed by atoms with E-state index >= 15 is 0 Å². The highest BCUT2D eigenvalue weighted by molar-refractivity contribution is 5.89. The largest absolute Gasteiger partial charge is 0.495 e. The molecular formula is C17H19NO5. The Morgan fingerprint density at radius 1 is 1.04 bits per heavy atom. The first-order valence-electron chi connectivity index (χ1n) is 6.95. The molecule has 2 aromatic rings. The molecule has 0 fully saturated rings. The van der Waals surface area contributed by atoms with Crippen molar-refractivity contribution in [2.24, 2.45) is 0 Å². The van der Waals surface area contributed by atoms with Crippen LogP contribution in [0.5, 0.6) is 17.2 Å². The van der Waals surface area contributed by atoms with Crippen LogP contribution in [0.25, 0.3) is 0 Å². The van der Waals surface area contributed by atoms with Crippen molar-refractivity contribution >= 4 is 11.7 Å². The Morgan fingerprint density at radius 2 is 1.78 bits per heavy atom. The van der Waals surface area contributed by atoms with E-state index in [1.165, 1.54) is 19.2 Å².